The van der Waals surface area contributed by atoms with Crippen LogP contribution in [0.1, 0.15) is 43.7 Å². The van der Waals surface area contributed by atoms with Crippen LogP contribution in [0, 0.1) is 5.92 Å². The van der Waals surface area contributed by atoms with Crippen molar-refractivity contribution in [2.75, 3.05) is 64.2 Å². The molecule has 0 aliphatic carbocycles. The molecule has 2 N–H and O–H groups in total. The Hall–Kier alpha value is -3.05. The van der Waals surface area contributed by atoms with Gasteiger partial charge in [-0.05, 0) is 74.4 Å². The Labute approximate surface area is 287 Å². The van der Waals surface area contributed by atoms with E-state index in [1.54, 1.807) is 12.1 Å². The van der Waals surface area contributed by atoms with Crippen LogP contribution < -0.4 is 5.32 Å². The van der Waals surface area contributed by atoms with Crippen molar-refractivity contribution in [3.63, 3.8) is 0 Å². The predicted molar refractivity (Wildman–Crippen MR) is 184 cm³/mol. The van der Waals surface area contributed by atoms with E-state index in [0.717, 1.165) is 62.4 Å². The number of carbonyl (C=O) groups is 3. The number of amides is 4. The Morgan fingerprint density at radius 1 is 0.915 bits per heavy atom. The summed E-state index contributed by atoms with van der Waals surface area (Å²) in [6, 6.07) is 12.6. The highest BCUT2D eigenvalue weighted by molar-refractivity contribution is 6.42. The van der Waals surface area contributed by atoms with Crippen LogP contribution in [0.25, 0.3) is 0 Å². The third kappa shape index (κ3) is 7.66. The van der Waals surface area contributed by atoms with Gasteiger partial charge in [-0.25, -0.2) is 9.59 Å². The molecule has 3 atom stereocenters. The molecule has 4 aliphatic rings. The lowest BCUT2D eigenvalue weighted by atomic mass is 9.82. The molecule has 0 radical (unpaired) electrons. The first kappa shape index (κ1) is 33.8. The van der Waals surface area contributed by atoms with Crippen LogP contribution >= 0.6 is 23.2 Å². The van der Waals surface area contributed by atoms with Crippen LogP contribution in [0.4, 0.5) is 15.3 Å². The summed E-state index contributed by atoms with van der Waals surface area (Å²) in [5.41, 5.74) is 2.71. The number of para-hydroxylation sites is 1. The zero-order valence-corrected chi connectivity index (χ0v) is 28.6. The molecule has 6 rings (SSSR count). The molecule has 2 unspecified atom stereocenters. The van der Waals surface area contributed by atoms with Gasteiger partial charge in [-0.2, -0.15) is 0 Å². The molecule has 4 heterocycles. The fourth-order valence-electron chi connectivity index (χ4n) is 8.06. The summed E-state index contributed by atoms with van der Waals surface area (Å²) in [5, 5.41) is 14.3. The number of benzene rings is 2. The number of anilines is 1. The summed E-state index contributed by atoms with van der Waals surface area (Å²) in [5.74, 6) is -0.669. The maximum atomic E-state index is 14.6. The van der Waals surface area contributed by atoms with E-state index in [-0.39, 0.29) is 24.5 Å². The lowest BCUT2D eigenvalue weighted by Crippen LogP contribution is -2.59. The predicted octanol–water partition coefficient (Wildman–Crippen LogP) is 5.38. The lowest BCUT2D eigenvalue weighted by molar-refractivity contribution is -0.140. The number of piperazine rings is 1. The van der Waals surface area contributed by atoms with E-state index in [0.29, 0.717) is 61.4 Å². The monoisotopic (exact) mass is 684 g/mol. The van der Waals surface area contributed by atoms with Crippen molar-refractivity contribution in [1.82, 2.24) is 24.5 Å². The van der Waals surface area contributed by atoms with Gasteiger partial charge in [0.25, 0.3) is 0 Å². The second-order valence-corrected chi connectivity index (χ2v) is 14.2. The van der Waals surface area contributed by atoms with E-state index >= 15 is 0 Å². The highest BCUT2D eigenvalue weighted by atomic mass is 35.5. The molecule has 4 aliphatic heterocycles. The molecule has 0 aromatic heterocycles. The molecule has 2 aromatic rings. The molecule has 4 amide bonds. The number of fused-ring (bicyclic) bond motifs is 1. The number of hydrogen-bond donors (Lipinski definition) is 2. The van der Waals surface area contributed by atoms with Gasteiger partial charge in [-0.15, -0.1) is 0 Å². The van der Waals surface area contributed by atoms with E-state index < -0.39 is 18.1 Å². The maximum Gasteiger partial charge on any atom is 0.407 e. The second-order valence-electron chi connectivity index (χ2n) is 13.3. The van der Waals surface area contributed by atoms with Gasteiger partial charge >= 0.3 is 12.1 Å². The van der Waals surface area contributed by atoms with Crippen molar-refractivity contribution in [1.29, 1.82) is 0 Å². The number of carboxylic acid groups (broad SMARTS) is 1. The standard InChI is InChI=1S/C35H46Cl2N6O4/c1-2-39-17-19-40(20-18-39)26-10-13-41(14-11-26)33(44)28(21-24-7-8-29(36)30(37)22-24)32-23-27(12-16-43(32)35(46)47)42-15-9-25-5-3-4-6-31(25)38-34(42)45/h3-8,22,26-28,32H,2,9-21,23H2,1H3,(H,38,45)(H,46,47)/t27?,28?,32-/m1/s1. The minimum absolute atomic E-state index is 0.0325. The molecule has 0 spiro atoms. The Bertz CT molecular complexity index is 1440. The molecule has 3 fully saturated rings. The van der Waals surface area contributed by atoms with E-state index in [9.17, 15) is 19.5 Å². The fraction of sp³-hybridized carbons (Fsp3) is 0.571. The number of likely N-dealkylation sites (tertiary alicyclic amines) is 2. The van der Waals surface area contributed by atoms with Crippen LogP contribution in [0.3, 0.4) is 0 Å². The van der Waals surface area contributed by atoms with Crippen LogP contribution in [-0.4, -0.2) is 125 Å². The Kier molecular flexibility index (Phi) is 10.8. The SMILES string of the molecule is CCN1CCN(C2CCN(C(=O)C(Cc3ccc(Cl)c(Cl)c3)[C@H]3CC(N4CCc5ccccc5NC4=O)CCN3C(=O)O)CC2)CC1. The van der Waals surface area contributed by atoms with Crippen LogP contribution in [0.5, 0.6) is 0 Å². The molecule has 12 heteroatoms. The molecule has 0 saturated carbocycles. The molecular weight excluding hydrogens is 639 g/mol. The third-order valence-corrected chi connectivity index (χ3v) is 11.6. The van der Waals surface area contributed by atoms with Crippen molar-refractivity contribution in [3.05, 3.63) is 63.6 Å². The van der Waals surface area contributed by atoms with Gasteiger partial charge in [-0.3, -0.25) is 9.69 Å². The zero-order valence-electron chi connectivity index (χ0n) is 27.1. The molecule has 0 bridgehead atoms. The molecule has 254 valence electrons. The minimum atomic E-state index is -1.04. The zero-order chi connectivity index (χ0) is 33.1. The Morgan fingerprint density at radius 2 is 1.64 bits per heavy atom. The van der Waals surface area contributed by atoms with Crippen molar-refractivity contribution in [2.45, 2.75) is 63.6 Å². The lowest BCUT2D eigenvalue weighted by Gasteiger charge is -2.46. The topological polar surface area (TPSA) is 99.7 Å². The molecule has 47 heavy (non-hydrogen) atoms. The molecule has 10 nitrogen and oxygen atoms in total. The third-order valence-electron chi connectivity index (χ3n) is 10.8. The average molecular weight is 686 g/mol. The van der Waals surface area contributed by atoms with Crippen molar-refractivity contribution >= 4 is 46.9 Å². The number of likely N-dealkylation sites (N-methyl/N-ethyl adjacent to an activating group) is 1. The normalized spacial score (nSPS) is 24.0. The highest BCUT2D eigenvalue weighted by Crippen LogP contribution is 2.34. The van der Waals surface area contributed by atoms with E-state index in [1.165, 1.54) is 4.90 Å². The van der Waals surface area contributed by atoms with Gasteiger partial charge in [0.1, 0.15) is 0 Å². The number of urea groups is 1. The smallest absolute Gasteiger partial charge is 0.407 e. The largest absolute Gasteiger partial charge is 0.465 e. The fourth-order valence-corrected chi connectivity index (χ4v) is 8.38. The number of hydrogen-bond acceptors (Lipinski definition) is 5. The van der Waals surface area contributed by atoms with Crippen molar-refractivity contribution in [2.24, 2.45) is 5.92 Å². The summed E-state index contributed by atoms with van der Waals surface area (Å²) < 4.78 is 0. The molecule has 3 saturated heterocycles. The average Bonchev–Trinajstić information content (AvgIpc) is 3.26. The van der Waals surface area contributed by atoms with Crippen LogP contribution in [0.15, 0.2) is 42.5 Å². The summed E-state index contributed by atoms with van der Waals surface area (Å²) in [6.45, 7) is 9.61. The van der Waals surface area contributed by atoms with E-state index in [4.69, 9.17) is 23.2 Å². The minimum Gasteiger partial charge on any atom is -0.465 e. The molecule has 2 aromatic carbocycles. The van der Waals surface area contributed by atoms with Gasteiger partial charge in [0.05, 0.1) is 16.0 Å². The summed E-state index contributed by atoms with van der Waals surface area (Å²) in [4.78, 5) is 51.0. The number of nitrogens with zero attached hydrogens (tertiary/aromatic N) is 5. The van der Waals surface area contributed by atoms with Gasteiger partial charge in [-0.1, -0.05) is 54.4 Å². The Morgan fingerprint density at radius 3 is 2.34 bits per heavy atom. The number of piperidine rings is 2. The summed E-state index contributed by atoms with van der Waals surface area (Å²) in [6.07, 6.45) is 2.69. The van der Waals surface area contributed by atoms with Gasteiger partial charge in [0.15, 0.2) is 0 Å². The van der Waals surface area contributed by atoms with Crippen molar-refractivity contribution < 1.29 is 19.5 Å². The van der Waals surface area contributed by atoms with Gasteiger partial charge < -0.3 is 30.0 Å². The number of nitrogens with one attached hydrogen (secondary N) is 1. The highest BCUT2D eigenvalue weighted by Gasteiger charge is 2.44. The summed E-state index contributed by atoms with van der Waals surface area (Å²) >= 11 is 12.6. The Balaban J connectivity index is 1.22. The van der Waals surface area contributed by atoms with E-state index in [1.807, 2.05) is 40.1 Å². The van der Waals surface area contributed by atoms with Crippen molar-refractivity contribution in [3.8, 4) is 0 Å². The number of halogens is 2. The first-order valence-corrected chi connectivity index (χ1v) is 17.8. The quantitative estimate of drug-likeness (QED) is 0.406. The second kappa shape index (κ2) is 15.0. The van der Waals surface area contributed by atoms with Gasteiger partial charge in [0.2, 0.25) is 5.91 Å². The first-order valence-electron chi connectivity index (χ1n) is 17.1. The summed E-state index contributed by atoms with van der Waals surface area (Å²) in [7, 11) is 0. The van der Waals surface area contributed by atoms with Crippen LogP contribution in [-0.2, 0) is 17.6 Å². The van der Waals surface area contributed by atoms with Gasteiger partial charge in [0, 0.05) is 76.2 Å². The molecular formula is C35H46Cl2N6O4. The maximum absolute atomic E-state index is 14.6. The van der Waals surface area contributed by atoms with Crippen LogP contribution in [0.2, 0.25) is 10.0 Å². The number of carbonyl (C=O) groups excluding carboxylic acids is 2. The number of rotatable bonds is 7. The van der Waals surface area contributed by atoms with E-state index in [2.05, 4.69) is 22.0 Å². The first-order chi connectivity index (χ1) is 22.7.